The molecule has 0 bridgehead atoms. The third kappa shape index (κ3) is 3.99. The molecule has 1 nitrogen and oxygen atoms in total. The van der Waals surface area contributed by atoms with E-state index in [1.54, 1.807) is 0 Å². The van der Waals surface area contributed by atoms with Crippen LogP contribution in [0.3, 0.4) is 0 Å². The van der Waals surface area contributed by atoms with Gasteiger partial charge in [0, 0.05) is 10.9 Å². The van der Waals surface area contributed by atoms with Gasteiger partial charge in [-0.3, -0.25) is 0 Å². The predicted molar refractivity (Wildman–Crippen MR) is 75.5 cm³/mol. The standard InChI is InChI=1S/C15H19NS/c1-13(15-10-6-12-17-15)16-11-5-9-14-7-3-2-4-8-14/h2-4,6-8,10,12-13,16H,5,9,11H2,1H3/t13-/m1/s1. The van der Waals surface area contributed by atoms with Crippen LogP contribution in [0.25, 0.3) is 0 Å². The van der Waals surface area contributed by atoms with Gasteiger partial charge in [0.1, 0.15) is 0 Å². The van der Waals surface area contributed by atoms with Crippen LogP contribution in [0.5, 0.6) is 0 Å². The summed E-state index contributed by atoms with van der Waals surface area (Å²) in [6.45, 7) is 3.31. The first-order chi connectivity index (χ1) is 8.36. The molecule has 90 valence electrons. The van der Waals surface area contributed by atoms with Crippen LogP contribution in [0.15, 0.2) is 47.8 Å². The zero-order chi connectivity index (χ0) is 11.9. The Hall–Kier alpha value is -1.12. The summed E-state index contributed by atoms with van der Waals surface area (Å²) in [7, 11) is 0. The van der Waals surface area contributed by atoms with Gasteiger partial charge < -0.3 is 5.32 Å². The fourth-order valence-electron chi connectivity index (χ4n) is 1.89. The molecule has 0 fully saturated rings. The van der Waals surface area contributed by atoms with Crippen LogP contribution in [0.4, 0.5) is 0 Å². The van der Waals surface area contributed by atoms with Gasteiger partial charge in [0.05, 0.1) is 0 Å². The molecule has 0 amide bonds. The van der Waals surface area contributed by atoms with Crippen molar-refractivity contribution in [3.63, 3.8) is 0 Å². The Morgan fingerprint density at radius 3 is 2.65 bits per heavy atom. The average Bonchev–Trinajstić information content (AvgIpc) is 2.89. The summed E-state index contributed by atoms with van der Waals surface area (Å²) in [6.07, 6.45) is 2.35. The first-order valence-electron chi connectivity index (χ1n) is 6.17. The minimum absolute atomic E-state index is 0.478. The number of thiophene rings is 1. The van der Waals surface area contributed by atoms with Crippen LogP contribution >= 0.6 is 11.3 Å². The van der Waals surface area contributed by atoms with Gasteiger partial charge in [0.25, 0.3) is 0 Å². The van der Waals surface area contributed by atoms with Crippen molar-refractivity contribution in [1.29, 1.82) is 0 Å². The Bertz CT molecular complexity index is 408. The summed E-state index contributed by atoms with van der Waals surface area (Å²) in [5.74, 6) is 0. The maximum absolute atomic E-state index is 3.57. The average molecular weight is 245 g/mol. The third-order valence-corrected chi connectivity index (χ3v) is 3.96. The van der Waals surface area contributed by atoms with Crippen molar-refractivity contribution in [3.05, 3.63) is 58.3 Å². The number of aryl methyl sites for hydroxylation is 1. The highest BCUT2D eigenvalue weighted by Gasteiger charge is 2.04. The largest absolute Gasteiger partial charge is 0.309 e. The van der Waals surface area contributed by atoms with Gasteiger partial charge in [0.15, 0.2) is 0 Å². The number of rotatable bonds is 6. The lowest BCUT2D eigenvalue weighted by Gasteiger charge is -2.11. The summed E-state index contributed by atoms with van der Waals surface area (Å²) in [4.78, 5) is 1.42. The van der Waals surface area contributed by atoms with Crippen molar-refractivity contribution in [2.75, 3.05) is 6.54 Å². The van der Waals surface area contributed by atoms with E-state index < -0.39 is 0 Å². The van der Waals surface area contributed by atoms with E-state index in [9.17, 15) is 0 Å². The molecule has 0 saturated carbocycles. The van der Waals surface area contributed by atoms with Crippen molar-refractivity contribution < 1.29 is 0 Å². The first kappa shape index (κ1) is 12.3. The fourth-order valence-corrected chi connectivity index (χ4v) is 2.65. The lowest BCUT2D eigenvalue weighted by molar-refractivity contribution is 0.565. The molecule has 0 aliphatic carbocycles. The molecular formula is C15H19NS. The molecule has 1 aromatic carbocycles. The Balaban J connectivity index is 1.67. The van der Waals surface area contributed by atoms with Gasteiger partial charge in [-0.1, -0.05) is 36.4 Å². The monoisotopic (exact) mass is 245 g/mol. The smallest absolute Gasteiger partial charge is 0.0386 e. The summed E-state index contributed by atoms with van der Waals surface area (Å²) in [5.41, 5.74) is 1.43. The highest BCUT2D eigenvalue weighted by atomic mass is 32.1. The zero-order valence-electron chi connectivity index (χ0n) is 10.2. The summed E-state index contributed by atoms with van der Waals surface area (Å²) in [6, 6.07) is 15.5. The van der Waals surface area contributed by atoms with Gasteiger partial charge in [-0.05, 0) is 43.3 Å². The molecule has 0 radical (unpaired) electrons. The molecule has 0 saturated heterocycles. The molecule has 0 spiro atoms. The van der Waals surface area contributed by atoms with E-state index in [1.807, 2.05) is 11.3 Å². The minimum atomic E-state index is 0.478. The van der Waals surface area contributed by atoms with Crippen LogP contribution in [0.1, 0.15) is 29.8 Å². The number of hydrogen-bond donors (Lipinski definition) is 1. The van der Waals surface area contributed by atoms with E-state index in [0.717, 1.165) is 13.0 Å². The molecule has 0 aliphatic rings. The number of nitrogens with one attached hydrogen (secondary N) is 1. The summed E-state index contributed by atoms with van der Waals surface area (Å²) >= 11 is 1.82. The second-order valence-electron chi connectivity index (χ2n) is 4.28. The van der Waals surface area contributed by atoms with Gasteiger partial charge in [-0.15, -0.1) is 11.3 Å². The van der Waals surface area contributed by atoms with Crippen molar-refractivity contribution in [1.82, 2.24) is 5.32 Å². The summed E-state index contributed by atoms with van der Waals surface area (Å²) < 4.78 is 0. The quantitative estimate of drug-likeness (QED) is 0.758. The summed E-state index contributed by atoms with van der Waals surface area (Å²) in [5, 5.41) is 5.70. The van der Waals surface area contributed by atoms with E-state index in [2.05, 4.69) is 60.1 Å². The first-order valence-corrected chi connectivity index (χ1v) is 7.05. The fraction of sp³-hybridized carbons (Fsp3) is 0.333. The highest BCUT2D eigenvalue weighted by molar-refractivity contribution is 7.10. The van der Waals surface area contributed by atoms with E-state index in [4.69, 9.17) is 0 Å². The Labute approximate surface area is 108 Å². The van der Waals surface area contributed by atoms with E-state index in [-0.39, 0.29) is 0 Å². The van der Waals surface area contributed by atoms with Crippen molar-refractivity contribution >= 4 is 11.3 Å². The van der Waals surface area contributed by atoms with Gasteiger partial charge in [-0.2, -0.15) is 0 Å². The molecule has 17 heavy (non-hydrogen) atoms. The van der Waals surface area contributed by atoms with Crippen LogP contribution in [0.2, 0.25) is 0 Å². The molecule has 2 aromatic rings. The molecular weight excluding hydrogens is 226 g/mol. The molecule has 0 unspecified atom stereocenters. The number of hydrogen-bond acceptors (Lipinski definition) is 2. The molecule has 1 atom stereocenters. The Morgan fingerprint density at radius 1 is 1.12 bits per heavy atom. The maximum atomic E-state index is 3.57. The zero-order valence-corrected chi connectivity index (χ0v) is 11.0. The van der Waals surface area contributed by atoms with Crippen molar-refractivity contribution in [3.8, 4) is 0 Å². The second-order valence-corrected chi connectivity index (χ2v) is 5.26. The molecule has 2 rings (SSSR count). The van der Waals surface area contributed by atoms with Crippen molar-refractivity contribution in [2.45, 2.75) is 25.8 Å². The molecule has 2 heteroatoms. The van der Waals surface area contributed by atoms with Crippen LogP contribution < -0.4 is 5.32 Å². The van der Waals surface area contributed by atoms with E-state index in [0.29, 0.717) is 6.04 Å². The topological polar surface area (TPSA) is 12.0 Å². The molecule has 1 aromatic heterocycles. The van der Waals surface area contributed by atoms with Gasteiger partial charge in [-0.25, -0.2) is 0 Å². The van der Waals surface area contributed by atoms with Crippen LogP contribution in [-0.4, -0.2) is 6.54 Å². The third-order valence-electron chi connectivity index (χ3n) is 2.91. The number of benzene rings is 1. The maximum Gasteiger partial charge on any atom is 0.0386 e. The SMILES string of the molecule is C[C@@H](NCCCc1ccccc1)c1cccs1. The molecule has 0 aliphatic heterocycles. The molecule has 1 N–H and O–H groups in total. The van der Waals surface area contributed by atoms with Gasteiger partial charge in [0.2, 0.25) is 0 Å². The Morgan fingerprint density at radius 2 is 1.94 bits per heavy atom. The normalized spacial score (nSPS) is 12.5. The van der Waals surface area contributed by atoms with E-state index in [1.165, 1.54) is 16.9 Å². The lowest BCUT2D eigenvalue weighted by Crippen LogP contribution is -2.19. The van der Waals surface area contributed by atoms with Crippen molar-refractivity contribution in [2.24, 2.45) is 0 Å². The second kappa shape index (κ2) is 6.58. The van der Waals surface area contributed by atoms with Crippen LogP contribution in [0, 0.1) is 0 Å². The Kier molecular flexibility index (Phi) is 4.77. The lowest BCUT2D eigenvalue weighted by atomic mass is 10.1. The van der Waals surface area contributed by atoms with Gasteiger partial charge >= 0.3 is 0 Å². The van der Waals surface area contributed by atoms with Crippen LogP contribution in [-0.2, 0) is 6.42 Å². The highest BCUT2D eigenvalue weighted by Crippen LogP contribution is 2.17. The minimum Gasteiger partial charge on any atom is -0.309 e. The molecule has 1 heterocycles. The van der Waals surface area contributed by atoms with E-state index >= 15 is 0 Å². The predicted octanol–water partition coefficient (Wildman–Crippen LogP) is 4.03.